The zero-order valence-corrected chi connectivity index (χ0v) is 10.3. The van der Waals surface area contributed by atoms with E-state index in [0.29, 0.717) is 10.8 Å². The fourth-order valence-corrected chi connectivity index (χ4v) is 2.73. The molecule has 2 rings (SSSR count). The zero-order valence-electron chi connectivity index (χ0n) is 8.73. The number of pyridine rings is 1. The first-order valence-electron chi connectivity index (χ1n) is 5.04. The Labute approximate surface area is 104 Å². The van der Waals surface area contributed by atoms with Crippen molar-refractivity contribution in [2.75, 3.05) is 23.8 Å². The zero-order chi connectivity index (χ0) is 11.5. The lowest BCUT2D eigenvalue weighted by molar-refractivity contribution is 0.0570. The van der Waals surface area contributed by atoms with Gasteiger partial charge in [-0.2, -0.15) is 11.8 Å². The van der Waals surface area contributed by atoms with E-state index in [9.17, 15) is 0 Å². The van der Waals surface area contributed by atoms with Gasteiger partial charge in [-0.25, -0.2) is 4.98 Å². The number of halogens is 1. The smallest absolute Gasteiger partial charge is 0.128 e. The van der Waals surface area contributed by atoms with Crippen LogP contribution in [-0.2, 0) is 4.74 Å². The van der Waals surface area contributed by atoms with E-state index in [1.54, 1.807) is 6.07 Å². The average Bonchev–Trinajstić information content (AvgIpc) is 2.32. The van der Waals surface area contributed by atoms with Crippen LogP contribution in [0.15, 0.2) is 12.3 Å². The van der Waals surface area contributed by atoms with E-state index in [2.05, 4.69) is 4.98 Å². The molecule has 16 heavy (non-hydrogen) atoms. The first-order valence-corrected chi connectivity index (χ1v) is 6.57. The molecule has 0 radical (unpaired) electrons. The van der Waals surface area contributed by atoms with Gasteiger partial charge in [0.1, 0.15) is 5.82 Å². The molecule has 2 heterocycles. The number of rotatable bonds is 2. The van der Waals surface area contributed by atoms with Crippen LogP contribution in [0.2, 0.25) is 5.02 Å². The third-order valence-electron chi connectivity index (χ3n) is 2.52. The van der Waals surface area contributed by atoms with Crippen LogP contribution < -0.4 is 11.5 Å². The van der Waals surface area contributed by atoms with Crippen molar-refractivity contribution in [3.8, 4) is 0 Å². The maximum atomic E-state index is 6.12. The van der Waals surface area contributed by atoms with Gasteiger partial charge in [-0.05, 0) is 6.07 Å². The van der Waals surface area contributed by atoms with E-state index in [-0.39, 0.29) is 12.1 Å². The van der Waals surface area contributed by atoms with Crippen molar-refractivity contribution in [3.05, 3.63) is 22.8 Å². The second-order valence-electron chi connectivity index (χ2n) is 3.64. The normalized spacial score (nSPS) is 23.0. The van der Waals surface area contributed by atoms with Crippen LogP contribution in [0.5, 0.6) is 0 Å². The summed E-state index contributed by atoms with van der Waals surface area (Å²) < 4.78 is 5.62. The molecule has 0 amide bonds. The topological polar surface area (TPSA) is 74.2 Å². The molecule has 88 valence electrons. The summed E-state index contributed by atoms with van der Waals surface area (Å²) in [7, 11) is 0. The molecule has 0 aromatic carbocycles. The monoisotopic (exact) mass is 259 g/mol. The molecule has 4 N–H and O–H groups in total. The molecule has 0 saturated carbocycles. The van der Waals surface area contributed by atoms with Crippen molar-refractivity contribution in [1.29, 1.82) is 0 Å². The predicted molar refractivity (Wildman–Crippen MR) is 67.7 cm³/mol. The molecular formula is C10H14ClN3OS. The van der Waals surface area contributed by atoms with E-state index < -0.39 is 0 Å². The Bertz CT molecular complexity index is 371. The molecule has 0 bridgehead atoms. The Morgan fingerprint density at radius 3 is 3.12 bits per heavy atom. The Kier molecular flexibility index (Phi) is 3.91. The van der Waals surface area contributed by atoms with E-state index in [4.69, 9.17) is 27.8 Å². The molecule has 0 spiro atoms. The van der Waals surface area contributed by atoms with Gasteiger partial charge in [0.05, 0.1) is 23.8 Å². The van der Waals surface area contributed by atoms with Crippen LogP contribution >= 0.6 is 23.4 Å². The highest BCUT2D eigenvalue weighted by molar-refractivity contribution is 7.99. The third-order valence-corrected chi connectivity index (χ3v) is 3.74. The molecule has 6 heteroatoms. The number of ether oxygens (including phenoxy) is 1. The minimum absolute atomic E-state index is 0.0127. The van der Waals surface area contributed by atoms with Crippen LogP contribution in [0, 0.1) is 0 Å². The average molecular weight is 260 g/mol. The molecule has 1 fully saturated rings. The minimum Gasteiger partial charge on any atom is -0.383 e. The Morgan fingerprint density at radius 1 is 1.62 bits per heavy atom. The lowest BCUT2D eigenvalue weighted by atomic mass is 10.0. The number of thioether (sulfide) groups is 1. The maximum Gasteiger partial charge on any atom is 0.128 e. The summed E-state index contributed by atoms with van der Waals surface area (Å²) in [6.45, 7) is 0.733. The summed E-state index contributed by atoms with van der Waals surface area (Å²) in [6, 6.07) is 1.50. The van der Waals surface area contributed by atoms with Crippen LogP contribution in [0.25, 0.3) is 0 Å². The first kappa shape index (κ1) is 12.0. The second kappa shape index (κ2) is 5.23. The van der Waals surface area contributed by atoms with E-state index >= 15 is 0 Å². The first-order chi connectivity index (χ1) is 7.68. The highest BCUT2D eigenvalue weighted by Gasteiger charge is 2.25. The quantitative estimate of drug-likeness (QED) is 0.841. The van der Waals surface area contributed by atoms with Gasteiger partial charge in [-0.1, -0.05) is 11.6 Å². The van der Waals surface area contributed by atoms with E-state index in [1.165, 1.54) is 6.20 Å². The summed E-state index contributed by atoms with van der Waals surface area (Å²) in [6.07, 6.45) is 1.50. The van der Waals surface area contributed by atoms with Gasteiger partial charge >= 0.3 is 0 Å². The molecule has 1 aromatic rings. The van der Waals surface area contributed by atoms with Crippen molar-refractivity contribution in [2.45, 2.75) is 12.1 Å². The number of aromatic nitrogens is 1. The second-order valence-corrected chi connectivity index (χ2v) is 5.22. The van der Waals surface area contributed by atoms with Gasteiger partial charge in [-0.15, -0.1) is 0 Å². The number of hydrogen-bond donors (Lipinski definition) is 2. The number of anilines is 1. The molecule has 2 unspecified atom stereocenters. The highest BCUT2D eigenvalue weighted by Crippen LogP contribution is 2.27. The number of nitrogens with zero attached hydrogens (tertiary/aromatic N) is 1. The van der Waals surface area contributed by atoms with Gasteiger partial charge in [0, 0.05) is 23.3 Å². The number of nitrogen functional groups attached to an aromatic ring is 1. The van der Waals surface area contributed by atoms with E-state index in [0.717, 1.165) is 23.7 Å². The largest absolute Gasteiger partial charge is 0.383 e. The molecule has 1 aliphatic heterocycles. The standard InChI is InChI=1S/C10H14ClN3OS/c11-6-3-7(10(13)14-4-6)9(12)8-5-16-2-1-15-8/h3-4,8-9H,1-2,5,12H2,(H2,13,14). The Balaban J connectivity index is 2.18. The van der Waals surface area contributed by atoms with Gasteiger partial charge in [0.15, 0.2) is 0 Å². The summed E-state index contributed by atoms with van der Waals surface area (Å²) >= 11 is 7.72. The number of nitrogens with two attached hydrogens (primary N) is 2. The molecule has 4 nitrogen and oxygen atoms in total. The number of hydrogen-bond acceptors (Lipinski definition) is 5. The van der Waals surface area contributed by atoms with E-state index in [1.807, 2.05) is 11.8 Å². The Morgan fingerprint density at radius 2 is 2.44 bits per heavy atom. The predicted octanol–water partition coefficient (Wildman–Crippen LogP) is 1.45. The van der Waals surface area contributed by atoms with Gasteiger partial charge in [0.2, 0.25) is 0 Å². The molecule has 1 aliphatic rings. The fraction of sp³-hybridized carbons (Fsp3) is 0.500. The van der Waals surface area contributed by atoms with Crippen molar-refractivity contribution in [2.24, 2.45) is 5.73 Å². The third kappa shape index (κ3) is 2.60. The Hall–Kier alpha value is -0.490. The van der Waals surface area contributed by atoms with Crippen molar-refractivity contribution in [3.63, 3.8) is 0 Å². The van der Waals surface area contributed by atoms with Crippen LogP contribution in [0.4, 0.5) is 5.82 Å². The van der Waals surface area contributed by atoms with Gasteiger partial charge in [0.25, 0.3) is 0 Å². The van der Waals surface area contributed by atoms with Gasteiger partial charge < -0.3 is 16.2 Å². The SMILES string of the molecule is Nc1ncc(Cl)cc1C(N)C1CSCCO1. The summed E-state index contributed by atoms with van der Waals surface area (Å²) in [5.74, 6) is 2.33. The summed E-state index contributed by atoms with van der Waals surface area (Å²) in [4.78, 5) is 4.00. The van der Waals surface area contributed by atoms with Crippen molar-refractivity contribution >= 4 is 29.2 Å². The maximum absolute atomic E-state index is 6.12. The van der Waals surface area contributed by atoms with Crippen molar-refractivity contribution < 1.29 is 4.74 Å². The van der Waals surface area contributed by atoms with Crippen LogP contribution in [0.1, 0.15) is 11.6 Å². The minimum atomic E-state index is -0.265. The molecule has 2 atom stereocenters. The van der Waals surface area contributed by atoms with Crippen LogP contribution in [-0.4, -0.2) is 29.2 Å². The highest BCUT2D eigenvalue weighted by atomic mass is 35.5. The van der Waals surface area contributed by atoms with Crippen molar-refractivity contribution in [1.82, 2.24) is 4.98 Å². The molecule has 0 aliphatic carbocycles. The lowest BCUT2D eigenvalue weighted by Gasteiger charge is -2.28. The lowest BCUT2D eigenvalue weighted by Crippen LogP contribution is -2.35. The summed E-state index contributed by atoms with van der Waals surface area (Å²) in [5.41, 5.74) is 12.7. The summed E-state index contributed by atoms with van der Waals surface area (Å²) in [5, 5.41) is 0.545. The fourth-order valence-electron chi connectivity index (χ4n) is 1.65. The van der Waals surface area contributed by atoms with Crippen LogP contribution in [0.3, 0.4) is 0 Å². The molecule has 1 aromatic heterocycles. The molecule has 1 saturated heterocycles. The van der Waals surface area contributed by atoms with Gasteiger partial charge in [-0.3, -0.25) is 0 Å². The molecular weight excluding hydrogens is 246 g/mol.